The van der Waals surface area contributed by atoms with E-state index in [1.54, 1.807) is 24.3 Å². The molecule has 0 atom stereocenters. The zero-order valence-corrected chi connectivity index (χ0v) is 34.9. The van der Waals surface area contributed by atoms with Crippen molar-refractivity contribution in [1.82, 2.24) is 0 Å². The first-order valence-corrected chi connectivity index (χ1v) is 19.8. The third-order valence-electron chi connectivity index (χ3n) is 10.4. The molecule has 7 rings (SSSR count). The molecule has 0 aliphatic heterocycles. The molecule has 0 fully saturated rings. The van der Waals surface area contributed by atoms with Crippen LogP contribution in [0.25, 0.3) is 34.0 Å². The normalized spacial score (nSPS) is 10.7. The molecule has 0 unspecified atom stereocenters. The molecule has 8 nitrogen and oxygen atoms in total. The largest absolute Gasteiger partial charge is 0.378 e. The molecule has 0 heterocycles. The van der Waals surface area contributed by atoms with Crippen molar-refractivity contribution >= 4 is 81.2 Å². The van der Waals surface area contributed by atoms with Crippen molar-refractivity contribution in [1.29, 1.82) is 10.5 Å². The molecule has 0 aromatic heterocycles. The molecule has 298 valence electrons. The third-order valence-corrected chi connectivity index (χ3v) is 10.4. The second-order valence-corrected chi connectivity index (χ2v) is 14.7. The number of nitriles is 2. The van der Waals surface area contributed by atoms with Gasteiger partial charge in [-0.05, 0) is 119 Å². The fraction of sp³-hybridized carbons (Fsp3) is 0.0741. The lowest BCUT2D eigenvalue weighted by molar-refractivity contribution is 1.13. The molecule has 7 aromatic rings. The van der Waals surface area contributed by atoms with Crippen molar-refractivity contribution < 1.29 is 0 Å². The summed E-state index contributed by atoms with van der Waals surface area (Å²) in [7, 11) is 8.06. The number of nitrogens with zero attached hydrogens (tertiary/aromatic N) is 8. The van der Waals surface area contributed by atoms with Gasteiger partial charge in [0, 0.05) is 73.7 Å². The van der Waals surface area contributed by atoms with Crippen molar-refractivity contribution in [3.63, 3.8) is 0 Å². The van der Waals surface area contributed by atoms with Crippen molar-refractivity contribution in [2.45, 2.75) is 0 Å². The highest BCUT2D eigenvalue weighted by atomic mass is 15.1. The van der Waals surface area contributed by atoms with Gasteiger partial charge in [-0.1, -0.05) is 85.0 Å². The minimum Gasteiger partial charge on any atom is -0.378 e. The van der Waals surface area contributed by atoms with Crippen LogP contribution in [0, 0.1) is 35.8 Å². The van der Waals surface area contributed by atoms with Crippen molar-refractivity contribution in [2.75, 3.05) is 47.8 Å². The zero-order chi connectivity index (χ0) is 43.6. The fourth-order valence-electron chi connectivity index (χ4n) is 7.22. The highest BCUT2D eigenvalue weighted by Gasteiger charge is 2.22. The first-order chi connectivity index (χ1) is 30.2. The van der Waals surface area contributed by atoms with Gasteiger partial charge < -0.3 is 19.6 Å². The Bertz CT molecular complexity index is 2650. The van der Waals surface area contributed by atoms with Crippen molar-refractivity contribution in [2.24, 2.45) is 0 Å². The molecule has 0 saturated heterocycles. The first-order valence-electron chi connectivity index (χ1n) is 19.8. The SMILES string of the molecule is [C-]#[N+]c1c(C#N)c(/C=C/c2ccc(N(c3ccccc3)c3ccc(N(C)C)cc3)cc2)c(C#N)c([N+]#[C-])c1/C=C/c1ccc(N(c2ccccc2)c2ccc(N(C)C)cc2)cc1. The number of benzene rings is 7. The highest BCUT2D eigenvalue weighted by molar-refractivity contribution is 5.96. The molecular weight excluding hydrogens is 761 g/mol. The lowest BCUT2D eigenvalue weighted by atomic mass is 9.92. The van der Waals surface area contributed by atoms with Gasteiger partial charge in [0.1, 0.15) is 0 Å². The Labute approximate surface area is 364 Å². The maximum absolute atomic E-state index is 10.4. The van der Waals surface area contributed by atoms with Crippen LogP contribution in [0.3, 0.4) is 0 Å². The van der Waals surface area contributed by atoms with Gasteiger partial charge in [0.2, 0.25) is 11.4 Å². The van der Waals surface area contributed by atoms with Gasteiger partial charge in [0.15, 0.2) is 0 Å². The Hall–Kier alpha value is -8.82. The molecule has 0 aliphatic rings. The Morgan fingerprint density at radius 3 is 0.984 bits per heavy atom. The smallest absolute Gasteiger partial charge is 0.202 e. The summed E-state index contributed by atoms with van der Waals surface area (Å²) in [5.41, 5.74) is 10.4. The Kier molecular flexibility index (Phi) is 12.6. The lowest BCUT2D eigenvalue weighted by Crippen LogP contribution is -2.11. The second kappa shape index (κ2) is 18.8. The van der Waals surface area contributed by atoms with Crippen LogP contribution in [0.15, 0.2) is 158 Å². The van der Waals surface area contributed by atoms with E-state index in [1.807, 2.05) is 113 Å². The summed E-state index contributed by atoms with van der Waals surface area (Å²) in [4.78, 5) is 16.0. The monoisotopic (exact) mass is 802 g/mol. The minimum atomic E-state index is 0.0237. The molecule has 0 N–H and O–H groups in total. The fourth-order valence-corrected chi connectivity index (χ4v) is 7.22. The van der Waals surface area contributed by atoms with Crippen LogP contribution in [-0.4, -0.2) is 28.2 Å². The Balaban J connectivity index is 1.19. The summed E-state index contributed by atoms with van der Waals surface area (Å²) >= 11 is 0. The summed E-state index contributed by atoms with van der Waals surface area (Å²) in [5, 5.41) is 20.9. The molecule has 0 saturated carbocycles. The van der Waals surface area contributed by atoms with Crippen LogP contribution >= 0.6 is 0 Å². The standard InChI is InChI=1S/C54H42N8/c1-57-53-50(36-22-40-19-25-46(26-20-40)62(44-15-11-8-12-16-44)48-33-29-42(30-34-48)60(5)6)54(58-2)52(38-56)49(51(53)37-55)35-21-39-17-23-45(24-18-39)61(43-13-9-7-10-14-43)47-31-27-41(28-32-47)59(3)4/h7-36H,3-6H3/b35-21+,36-22+. The predicted molar refractivity (Wildman–Crippen MR) is 257 cm³/mol. The topological polar surface area (TPSA) is 69.3 Å². The number of rotatable bonds is 12. The van der Waals surface area contributed by atoms with E-state index >= 15 is 0 Å². The molecule has 7 aromatic carbocycles. The number of hydrogen-bond acceptors (Lipinski definition) is 6. The lowest BCUT2D eigenvalue weighted by Gasteiger charge is -2.26. The molecule has 0 amide bonds. The maximum atomic E-state index is 10.4. The van der Waals surface area contributed by atoms with E-state index in [1.165, 1.54) is 0 Å². The van der Waals surface area contributed by atoms with Gasteiger partial charge in [-0.2, -0.15) is 10.5 Å². The van der Waals surface area contributed by atoms with Gasteiger partial charge >= 0.3 is 0 Å². The zero-order valence-electron chi connectivity index (χ0n) is 34.9. The van der Waals surface area contributed by atoms with Gasteiger partial charge in [-0.3, -0.25) is 0 Å². The molecule has 0 aliphatic carbocycles. The number of hydrogen-bond donors (Lipinski definition) is 0. The molecule has 0 radical (unpaired) electrons. The second-order valence-electron chi connectivity index (χ2n) is 14.7. The molecule has 0 bridgehead atoms. The van der Waals surface area contributed by atoms with E-state index in [4.69, 9.17) is 13.1 Å². The molecule has 62 heavy (non-hydrogen) atoms. The van der Waals surface area contributed by atoms with E-state index < -0.39 is 0 Å². The number of para-hydroxylation sites is 2. The first kappa shape index (κ1) is 41.3. The summed E-state index contributed by atoms with van der Waals surface area (Å²) in [5.74, 6) is 0. The Morgan fingerprint density at radius 2 is 0.677 bits per heavy atom. The van der Waals surface area contributed by atoms with Crippen LogP contribution in [0.2, 0.25) is 0 Å². The van der Waals surface area contributed by atoms with Crippen molar-refractivity contribution in [3.05, 3.63) is 214 Å². The molecule has 0 spiro atoms. The van der Waals surface area contributed by atoms with E-state index in [0.717, 1.165) is 56.6 Å². The predicted octanol–water partition coefficient (Wildman–Crippen LogP) is 13.9. The van der Waals surface area contributed by atoms with Crippen LogP contribution in [-0.2, 0) is 0 Å². The molecular formula is C54H42N8. The van der Waals surface area contributed by atoms with Crippen LogP contribution in [0.4, 0.5) is 56.9 Å². The Morgan fingerprint density at radius 1 is 0.387 bits per heavy atom. The van der Waals surface area contributed by atoms with E-state index in [0.29, 0.717) is 0 Å². The van der Waals surface area contributed by atoms with Gasteiger partial charge in [0.25, 0.3) is 0 Å². The summed E-state index contributed by atoms with van der Waals surface area (Å²) in [6.07, 6.45) is 6.91. The maximum Gasteiger partial charge on any atom is 0.202 e. The summed E-state index contributed by atoms with van der Waals surface area (Å²) < 4.78 is 0. The summed E-state index contributed by atoms with van der Waals surface area (Å²) in [6.45, 7) is 16.3. The average molecular weight is 803 g/mol. The highest BCUT2D eigenvalue weighted by Crippen LogP contribution is 2.42. The quantitative estimate of drug-likeness (QED) is 0.0905. The van der Waals surface area contributed by atoms with Crippen LogP contribution in [0.1, 0.15) is 33.4 Å². The van der Waals surface area contributed by atoms with Gasteiger partial charge in [-0.15, -0.1) is 0 Å². The van der Waals surface area contributed by atoms with Gasteiger partial charge in [0.05, 0.1) is 36.4 Å². The van der Waals surface area contributed by atoms with Crippen LogP contribution < -0.4 is 19.6 Å². The average Bonchev–Trinajstić information content (AvgIpc) is 3.31. The minimum absolute atomic E-state index is 0.0237. The third kappa shape index (κ3) is 8.78. The summed E-state index contributed by atoms with van der Waals surface area (Å²) in [6, 6.07) is 57.2. The van der Waals surface area contributed by atoms with Crippen LogP contribution in [0.5, 0.6) is 0 Å². The van der Waals surface area contributed by atoms with Crippen molar-refractivity contribution in [3.8, 4) is 12.1 Å². The van der Waals surface area contributed by atoms with E-state index in [9.17, 15) is 10.5 Å². The number of anilines is 8. The van der Waals surface area contributed by atoms with Gasteiger partial charge in [-0.25, -0.2) is 9.69 Å². The van der Waals surface area contributed by atoms with E-state index in [-0.39, 0.29) is 33.6 Å². The molecule has 8 heteroatoms. The van der Waals surface area contributed by atoms with E-state index in [2.05, 4.69) is 114 Å².